The smallest absolute Gasteiger partial charge is 0.332 e. The second-order valence-electron chi connectivity index (χ2n) is 7.12. The van der Waals surface area contributed by atoms with Crippen molar-refractivity contribution in [3.05, 3.63) is 57.9 Å². The molecule has 0 N–H and O–H groups in total. The van der Waals surface area contributed by atoms with Crippen molar-refractivity contribution in [1.82, 2.24) is 33.4 Å². The van der Waals surface area contributed by atoms with E-state index < -0.39 is 0 Å². The summed E-state index contributed by atoms with van der Waals surface area (Å²) in [7, 11) is 3.37. The Kier molecular flexibility index (Phi) is 5.68. The Morgan fingerprint density at radius 2 is 2.03 bits per heavy atom. The van der Waals surface area contributed by atoms with Gasteiger partial charge in [-0.25, -0.2) is 9.78 Å². The van der Waals surface area contributed by atoms with E-state index in [1.807, 2.05) is 17.6 Å². The van der Waals surface area contributed by atoms with E-state index in [1.165, 1.54) is 27.2 Å². The monoisotopic (exact) mass is 441 g/mol. The second kappa shape index (κ2) is 8.42. The zero-order chi connectivity index (χ0) is 22.1. The maximum atomic E-state index is 12.8. The number of rotatable bonds is 8. The van der Waals surface area contributed by atoms with Crippen LogP contribution < -0.4 is 11.2 Å². The highest BCUT2D eigenvalue weighted by Gasteiger charge is 2.17. The van der Waals surface area contributed by atoms with Gasteiger partial charge in [0.2, 0.25) is 0 Å². The largest absolute Gasteiger partial charge is 0.469 e. The van der Waals surface area contributed by atoms with Crippen molar-refractivity contribution in [1.29, 1.82) is 0 Å². The van der Waals surface area contributed by atoms with Gasteiger partial charge in [-0.2, -0.15) is 0 Å². The number of thioether (sulfide) groups is 1. The molecule has 4 aromatic heterocycles. The number of hydrogen-bond acceptors (Lipinski definition) is 7. The zero-order valence-corrected chi connectivity index (χ0v) is 18.4. The van der Waals surface area contributed by atoms with Crippen LogP contribution in [0.25, 0.3) is 22.6 Å². The number of imidazole rings is 1. The zero-order valence-electron chi connectivity index (χ0n) is 17.6. The topological polar surface area (TPSA) is 106 Å². The average molecular weight is 442 g/mol. The molecule has 31 heavy (non-hydrogen) atoms. The molecule has 0 atom stereocenters. The van der Waals surface area contributed by atoms with Crippen LogP contribution in [0.15, 0.2) is 50.5 Å². The lowest BCUT2D eigenvalue weighted by Crippen LogP contribution is -2.39. The molecule has 0 saturated carbocycles. The Morgan fingerprint density at radius 3 is 2.74 bits per heavy atom. The predicted octanol–water partition coefficient (Wildman–Crippen LogP) is 1.96. The molecule has 10 nitrogen and oxygen atoms in total. The number of hydrogen-bond donors (Lipinski definition) is 0. The van der Waals surface area contributed by atoms with Crippen LogP contribution in [-0.4, -0.2) is 39.2 Å². The molecule has 4 aromatic rings. The van der Waals surface area contributed by atoms with E-state index in [1.54, 1.807) is 31.0 Å². The third-order valence-corrected chi connectivity index (χ3v) is 6.14. The molecule has 11 heteroatoms. The van der Waals surface area contributed by atoms with Gasteiger partial charge in [0.15, 0.2) is 22.1 Å². The van der Waals surface area contributed by atoms with E-state index in [-0.39, 0.29) is 11.2 Å². The van der Waals surface area contributed by atoms with Crippen LogP contribution >= 0.6 is 11.8 Å². The predicted molar refractivity (Wildman–Crippen MR) is 118 cm³/mol. The van der Waals surface area contributed by atoms with E-state index >= 15 is 0 Å². The van der Waals surface area contributed by atoms with Crippen LogP contribution in [-0.2, 0) is 27.2 Å². The molecule has 0 aliphatic heterocycles. The Labute approximate surface area is 181 Å². The minimum Gasteiger partial charge on any atom is -0.469 e. The van der Waals surface area contributed by atoms with E-state index in [0.717, 1.165) is 22.3 Å². The number of allylic oxidation sites excluding steroid dienone is 1. The molecule has 0 aliphatic rings. The van der Waals surface area contributed by atoms with Crippen LogP contribution in [0.1, 0.15) is 12.2 Å². The standard InChI is InChI=1S/C20H23N7O3S/c1-5-8-26-16(14-7-10-30-13(14)2)22-23-19(26)31-11-6-9-27-18(28)15-17(21-12-24(15)3)25(4)20(27)29/h5,7,10,12H,1,6,8-9,11H2,2-4H3. The van der Waals surface area contributed by atoms with Gasteiger partial charge in [-0.3, -0.25) is 18.5 Å². The Hall–Kier alpha value is -3.34. The van der Waals surface area contributed by atoms with E-state index in [0.29, 0.717) is 36.4 Å². The number of aryl methyl sites for hydroxylation is 3. The SMILES string of the molecule is C=CCn1c(SCCCn2c(=O)c3c(ncn3C)n(C)c2=O)nnc1-c1ccoc1C. The molecule has 162 valence electrons. The van der Waals surface area contributed by atoms with Crippen molar-refractivity contribution >= 4 is 22.9 Å². The summed E-state index contributed by atoms with van der Waals surface area (Å²) in [6.45, 7) is 6.57. The maximum Gasteiger partial charge on any atom is 0.332 e. The molecule has 0 aliphatic carbocycles. The first kappa shape index (κ1) is 20.9. The van der Waals surface area contributed by atoms with Crippen molar-refractivity contribution in [2.45, 2.75) is 31.6 Å². The fourth-order valence-corrected chi connectivity index (χ4v) is 4.36. The number of nitrogens with zero attached hydrogens (tertiary/aromatic N) is 7. The summed E-state index contributed by atoms with van der Waals surface area (Å²) in [6.07, 6.45) is 5.57. The normalized spacial score (nSPS) is 11.5. The molecule has 0 amide bonds. The molecule has 0 unspecified atom stereocenters. The minimum absolute atomic E-state index is 0.308. The van der Waals surface area contributed by atoms with Gasteiger partial charge in [-0.05, 0) is 19.4 Å². The second-order valence-corrected chi connectivity index (χ2v) is 8.19. The molecule has 0 spiro atoms. The Morgan fingerprint density at radius 1 is 1.23 bits per heavy atom. The van der Waals surface area contributed by atoms with Crippen molar-refractivity contribution in [2.75, 3.05) is 5.75 Å². The van der Waals surface area contributed by atoms with Crippen LogP contribution in [0.3, 0.4) is 0 Å². The van der Waals surface area contributed by atoms with Crippen molar-refractivity contribution in [2.24, 2.45) is 14.1 Å². The Balaban J connectivity index is 1.51. The van der Waals surface area contributed by atoms with Crippen molar-refractivity contribution in [3.63, 3.8) is 0 Å². The first-order valence-corrected chi connectivity index (χ1v) is 10.7. The molecule has 0 bridgehead atoms. The molecule has 0 fully saturated rings. The van der Waals surface area contributed by atoms with Gasteiger partial charge >= 0.3 is 5.69 Å². The van der Waals surface area contributed by atoms with Crippen molar-refractivity contribution < 1.29 is 4.42 Å². The summed E-state index contributed by atoms with van der Waals surface area (Å²) >= 11 is 1.52. The lowest BCUT2D eigenvalue weighted by molar-refractivity contribution is 0.534. The molecule has 0 radical (unpaired) electrons. The summed E-state index contributed by atoms with van der Waals surface area (Å²) in [4.78, 5) is 29.5. The molecule has 0 saturated heterocycles. The van der Waals surface area contributed by atoms with E-state index in [2.05, 4.69) is 21.8 Å². The molecule has 4 rings (SSSR count). The summed E-state index contributed by atoms with van der Waals surface area (Å²) in [5.74, 6) is 2.16. The summed E-state index contributed by atoms with van der Waals surface area (Å²) in [5.41, 5.74) is 1.01. The Bertz CT molecular complexity index is 1370. The van der Waals surface area contributed by atoms with Gasteiger partial charge in [-0.15, -0.1) is 16.8 Å². The fourth-order valence-electron chi connectivity index (χ4n) is 3.48. The molecule has 4 heterocycles. The lowest BCUT2D eigenvalue weighted by atomic mass is 10.2. The van der Waals surface area contributed by atoms with Crippen molar-refractivity contribution in [3.8, 4) is 11.4 Å². The lowest BCUT2D eigenvalue weighted by Gasteiger charge is -2.09. The third kappa shape index (κ3) is 3.65. The van der Waals surface area contributed by atoms with Gasteiger partial charge in [0.1, 0.15) is 5.76 Å². The van der Waals surface area contributed by atoms with E-state index in [4.69, 9.17) is 4.42 Å². The van der Waals surface area contributed by atoms with Crippen LogP contribution in [0.4, 0.5) is 0 Å². The number of fused-ring (bicyclic) bond motifs is 1. The van der Waals surface area contributed by atoms with Gasteiger partial charge in [0.25, 0.3) is 5.56 Å². The summed E-state index contributed by atoms with van der Waals surface area (Å²) in [5, 5.41) is 9.38. The highest BCUT2D eigenvalue weighted by atomic mass is 32.2. The summed E-state index contributed by atoms with van der Waals surface area (Å²) < 4.78 is 11.7. The van der Waals surface area contributed by atoms with Crippen LogP contribution in [0.5, 0.6) is 0 Å². The molecular formula is C20H23N7O3S. The molecule has 0 aromatic carbocycles. The van der Waals surface area contributed by atoms with Gasteiger partial charge in [0, 0.05) is 32.9 Å². The third-order valence-electron chi connectivity index (χ3n) is 5.09. The quantitative estimate of drug-likeness (QED) is 0.234. The fraction of sp³-hybridized carbons (Fsp3) is 0.350. The van der Waals surface area contributed by atoms with Gasteiger partial charge < -0.3 is 8.98 Å². The maximum absolute atomic E-state index is 12.8. The van der Waals surface area contributed by atoms with Gasteiger partial charge in [-0.1, -0.05) is 17.8 Å². The molecular weight excluding hydrogens is 418 g/mol. The average Bonchev–Trinajstić information content (AvgIpc) is 3.45. The van der Waals surface area contributed by atoms with E-state index in [9.17, 15) is 9.59 Å². The highest BCUT2D eigenvalue weighted by Crippen LogP contribution is 2.27. The van der Waals surface area contributed by atoms with Gasteiger partial charge in [0.05, 0.1) is 18.2 Å². The minimum atomic E-state index is -0.367. The first-order valence-electron chi connectivity index (χ1n) is 9.76. The first-order chi connectivity index (χ1) is 14.9. The highest BCUT2D eigenvalue weighted by molar-refractivity contribution is 7.99. The van der Waals surface area contributed by atoms with Crippen LogP contribution in [0.2, 0.25) is 0 Å². The van der Waals surface area contributed by atoms with Crippen LogP contribution in [0, 0.1) is 6.92 Å². The number of aromatic nitrogens is 7. The summed E-state index contributed by atoms with van der Waals surface area (Å²) in [6, 6.07) is 1.87. The number of furan rings is 1.